The second-order valence-electron chi connectivity index (χ2n) is 7.09. The van der Waals surface area contributed by atoms with Crippen molar-refractivity contribution in [3.8, 4) is 17.2 Å². The highest BCUT2D eigenvalue weighted by Crippen LogP contribution is 2.34. The number of aryl methyl sites for hydroxylation is 1. The van der Waals surface area contributed by atoms with E-state index < -0.39 is 9.84 Å². The molecule has 32 heavy (non-hydrogen) atoms. The highest BCUT2D eigenvalue weighted by Gasteiger charge is 2.29. The SMILES string of the molecule is COc1ccccc1CNc1oc(-c2ccccc2C)nc1S(=O)(=O)c1ccc(Br)cc1. The summed E-state index contributed by atoms with van der Waals surface area (Å²) in [5.41, 5.74) is 2.51. The average Bonchev–Trinajstić information content (AvgIpc) is 3.23. The molecule has 0 bridgehead atoms. The number of nitrogens with zero attached hydrogens (tertiary/aromatic N) is 1. The molecule has 0 aliphatic rings. The number of aromatic nitrogens is 1. The summed E-state index contributed by atoms with van der Waals surface area (Å²) in [5, 5.41) is 2.94. The van der Waals surface area contributed by atoms with Crippen LogP contribution in [0, 0.1) is 6.92 Å². The normalized spacial score (nSPS) is 11.3. The molecule has 8 heteroatoms. The maximum absolute atomic E-state index is 13.4. The molecule has 0 fully saturated rings. The van der Waals surface area contributed by atoms with Crippen molar-refractivity contribution in [3.63, 3.8) is 0 Å². The van der Waals surface area contributed by atoms with Crippen LogP contribution in [0.3, 0.4) is 0 Å². The monoisotopic (exact) mass is 512 g/mol. The Kier molecular flexibility index (Phi) is 6.34. The summed E-state index contributed by atoms with van der Waals surface area (Å²) in [7, 11) is -2.34. The number of methoxy groups -OCH3 is 1. The fourth-order valence-corrected chi connectivity index (χ4v) is 4.82. The van der Waals surface area contributed by atoms with Crippen LogP contribution in [0.15, 0.2) is 91.6 Å². The highest BCUT2D eigenvalue weighted by atomic mass is 79.9. The van der Waals surface area contributed by atoms with E-state index in [1.54, 1.807) is 19.2 Å². The molecule has 0 spiro atoms. The summed E-state index contributed by atoms with van der Waals surface area (Å²) in [5.74, 6) is 1.01. The molecule has 0 saturated heterocycles. The summed E-state index contributed by atoms with van der Waals surface area (Å²) in [6, 6.07) is 21.5. The van der Waals surface area contributed by atoms with Gasteiger partial charge in [-0.25, -0.2) is 8.42 Å². The van der Waals surface area contributed by atoms with Gasteiger partial charge in [-0.3, -0.25) is 0 Å². The van der Waals surface area contributed by atoms with Gasteiger partial charge < -0.3 is 14.5 Å². The molecule has 0 saturated carbocycles. The molecule has 4 aromatic rings. The molecule has 0 aliphatic carbocycles. The number of benzene rings is 3. The Balaban J connectivity index is 1.78. The van der Waals surface area contributed by atoms with Gasteiger partial charge in [0.15, 0.2) is 0 Å². The van der Waals surface area contributed by atoms with E-state index in [4.69, 9.17) is 9.15 Å². The third kappa shape index (κ3) is 4.42. The van der Waals surface area contributed by atoms with Crippen molar-refractivity contribution >= 4 is 31.7 Å². The Morgan fingerprint density at radius 3 is 2.41 bits per heavy atom. The van der Waals surface area contributed by atoms with E-state index in [2.05, 4.69) is 26.2 Å². The third-order valence-electron chi connectivity index (χ3n) is 4.98. The van der Waals surface area contributed by atoms with Crippen LogP contribution in [-0.2, 0) is 16.4 Å². The van der Waals surface area contributed by atoms with E-state index in [9.17, 15) is 8.42 Å². The molecule has 4 rings (SSSR count). The number of rotatable bonds is 7. The van der Waals surface area contributed by atoms with E-state index in [1.807, 2.05) is 55.5 Å². The zero-order chi connectivity index (χ0) is 22.7. The number of hydrogen-bond donors (Lipinski definition) is 1. The van der Waals surface area contributed by atoms with E-state index >= 15 is 0 Å². The third-order valence-corrected chi connectivity index (χ3v) is 7.19. The van der Waals surface area contributed by atoms with Crippen molar-refractivity contribution in [2.75, 3.05) is 12.4 Å². The predicted octanol–water partition coefficient (Wildman–Crippen LogP) is 5.87. The number of sulfone groups is 1. The van der Waals surface area contributed by atoms with Crippen molar-refractivity contribution in [2.24, 2.45) is 0 Å². The van der Waals surface area contributed by atoms with Gasteiger partial charge in [0.1, 0.15) is 5.75 Å². The summed E-state index contributed by atoms with van der Waals surface area (Å²) >= 11 is 3.34. The lowest BCUT2D eigenvalue weighted by Gasteiger charge is -2.10. The Hall–Kier alpha value is -3.10. The van der Waals surface area contributed by atoms with Crippen LogP contribution in [0.1, 0.15) is 11.1 Å². The Bertz CT molecular complexity index is 1350. The van der Waals surface area contributed by atoms with Crippen LogP contribution in [0.4, 0.5) is 5.88 Å². The first kappa shape index (κ1) is 22.1. The number of nitrogens with one attached hydrogen (secondary N) is 1. The highest BCUT2D eigenvalue weighted by molar-refractivity contribution is 9.10. The van der Waals surface area contributed by atoms with Crippen molar-refractivity contribution in [2.45, 2.75) is 23.4 Å². The fourth-order valence-electron chi connectivity index (χ4n) is 3.28. The van der Waals surface area contributed by atoms with Crippen LogP contribution in [0.5, 0.6) is 5.75 Å². The van der Waals surface area contributed by atoms with Crippen LogP contribution in [0.2, 0.25) is 0 Å². The molecule has 164 valence electrons. The summed E-state index contributed by atoms with van der Waals surface area (Å²) in [6.45, 7) is 2.22. The lowest BCUT2D eigenvalue weighted by Crippen LogP contribution is -2.08. The van der Waals surface area contributed by atoms with Crippen LogP contribution >= 0.6 is 15.9 Å². The standard InChI is InChI=1S/C24H21BrN2O4S/c1-16-7-3-5-9-20(16)22-27-24(32(28,29)19-13-11-18(25)12-14-19)23(31-22)26-15-17-8-4-6-10-21(17)30-2/h3-14,26H,15H2,1-2H3. The largest absolute Gasteiger partial charge is 0.496 e. The average molecular weight is 513 g/mol. The number of ether oxygens (including phenoxy) is 1. The van der Waals surface area contributed by atoms with Gasteiger partial charge in [-0.1, -0.05) is 52.3 Å². The van der Waals surface area contributed by atoms with Gasteiger partial charge in [0.2, 0.25) is 26.6 Å². The second kappa shape index (κ2) is 9.18. The molecule has 1 aromatic heterocycles. The van der Waals surface area contributed by atoms with Crippen LogP contribution in [-0.4, -0.2) is 20.5 Å². The lowest BCUT2D eigenvalue weighted by atomic mass is 10.1. The molecule has 1 heterocycles. The van der Waals surface area contributed by atoms with Crippen molar-refractivity contribution < 1.29 is 17.6 Å². The maximum atomic E-state index is 13.4. The minimum atomic E-state index is -3.93. The van der Waals surface area contributed by atoms with Crippen molar-refractivity contribution in [1.29, 1.82) is 0 Å². The number of anilines is 1. The van der Waals surface area contributed by atoms with Gasteiger partial charge in [0.25, 0.3) is 0 Å². The van der Waals surface area contributed by atoms with Gasteiger partial charge >= 0.3 is 0 Å². The van der Waals surface area contributed by atoms with E-state index in [0.29, 0.717) is 12.3 Å². The first-order valence-electron chi connectivity index (χ1n) is 9.83. The molecule has 0 unspecified atom stereocenters. The minimum absolute atomic E-state index is 0.0806. The van der Waals surface area contributed by atoms with Crippen LogP contribution < -0.4 is 10.1 Å². The van der Waals surface area contributed by atoms with Gasteiger partial charge in [0, 0.05) is 22.1 Å². The van der Waals surface area contributed by atoms with Gasteiger partial charge in [-0.05, 0) is 48.9 Å². The molecule has 0 amide bonds. The second-order valence-corrected chi connectivity index (χ2v) is 9.87. The smallest absolute Gasteiger partial charge is 0.234 e. The number of para-hydroxylation sites is 1. The topological polar surface area (TPSA) is 81.4 Å². The Labute approximate surface area is 195 Å². The molecule has 6 nitrogen and oxygen atoms in total. The molecule has 0 aliphatic heterocycles. The molecule has 3 aromatic carbocycles. The summed E-state index contributed by atoms with van der Waals surface area (Å²) < 4.78 is 39.0. The summed E-state index contributed by atoms with van der Waals surface area (Å²) in [4.78, 5) is 4.54. The van der Waals surface area contributed by atoms with Crippen molar-refractivity contribution in [1.82, 2.24) is 4.98 Å². The molecule has 1 N–H and O–H groups in total. The van der Waals surface area contributed by atoms with Crippen molar-refractivity contribution in [3.05, 3.63) is 88.4 Å². The number of hydrogen-bond acceptors (Lipinski definition) is 6. The number of oxazole rings is 1. The molecule has 0 atom stereocenters. The Morgan fingerprint density at radius 2 is 1.69 bits per heavy atom. The molecular weight excluding hydrogens is 492 g/mol. The first-order valence-corrected chi connectivity index (χ1v) is 12.1. The van der Waals surface area contributed by atoms with E-state index in [-0.39, 0.29) is 21.7 Å². The van der Waals surface area contributed by atoms with Gasteiger partial charge in [-0.2, -0.15) is 4.98 Å². The number of halogens is 1. The first-order chi connectivity index (χ1) is 15.4. The maximum Gasteiger partial charge on any atom is 0.234 e. The van der Waals surface area contributed by atoms with E-state index in [0.717, 1.165) is 21.2 Å². The predicted molar refractivity (Wildman–Crippen MR) is 127 cm³/mol. The summed E-state index contributed by atoms with van der Waals surface area (Å²) in [6.07, 6.45) is 0. The van der Waals surface area contributed by atoms with Gasteiger partial charge in [-0.15, -0.1) is 0 Å². The van der Waals surface area contributed by atoms with Gasteiger partial charge in [0.05, 0.1) is 12.0 Å². The molecule has 0 radical (unpaired) electrons. The fraction of sp³-hybridized carbons (Fsp3) is 0.125. The quantitative estimate of drug-likeness (QED) is 0.333. The Morgan fingerprint density at radius 1 is 1.00 bits per heavy atom. The van der Waals surface area contributed by atoms with Crippen LogP contribution in [0.25, 0.3) is 11.5 Å². The minimum Gasteiger partial charge on any atom is -0.496 e. The zero-order valence-corrected chi connectivity index (χ0v) is 19.9. The molecular formula is C24H21BrN2O4S. The lowest BCUT2D eigenvalue weighted by molar-refractivity contribution is 0.410. The zero-order valence-electron chi connectivity index (χ0n) is 17.5. The van der Waals surface area contributed by atoms with E-state index in [1.165, 1.54) is 12.1 Å².